The van der Waals surface area contributed by atoms with Gasteiger partial charge in [-0.15, -0.1) is 0 Å². The van der Waals surface area contributed by atoms with Gasteiger partial charge in [-0.3, -0.25) is 9.80 Å². The Kier molecular flexibility index (Phi) is 4.07. The van der Waals surface area contributed by atoms with E-state index < -0.39 is 0 Å². The third kappa shape index (κ3) is 2.14. The Morgan fingerprint density at radius 3 is 1.92 bits per heavy atom. The monoisotopic (exact) mass is 362 g/mol. The Labute approximate surface area is 156 Å². The quantitative estimate of drug-likeness (QED) is 0.603. The van der Waals surface area contributed by atoms with Gasteiger partial charge in [-0.05, 0) is 24.0 Å². The highest BCUT2D eigenvalue weighted by atomic mass is 16.5. The second kappa shape index (κ2) is 5.85. The van der Waals surface area contributed by atoms with E-state index in [9.17, 15) is 10.2 Å². The highest BCUT2D eigenvalue weighted by Gasteiger charge is 2.72. The van der Waals surface area contributed by atoms with Crippen LogP contribution >= 0.6 is 0 Å². The van der Waals surface area contributed by atoms with Gasteiger partial charge < -0.3 is 14.9 Å². The number of nitrogens with one attached hydrogen (secondary N) is 2. The molecule has 4 N–H and O–H groups in total. The molecule has 4 heterocycles. The summed E-state index contributed by atoms with van der Waals surface area (Å²) in [4.78, 5) is 3.02. The zero-order valence-electron chi connectivity index (χ0n) is 16.7. The highest BCUT2D eigenvalue weighted by molar-refractivity contribution is 5.45. The standard InChI is InChI=1S/C21H32N2O3/c1-13(2)20-9-22-11-21(14(3)4,19(20)25)12-23(10-20)18(22)15-7-6-8-16(26-5)17(15)24/h6-8,13-14,18-19,24-25H,9-12H2,1-5H3/p+2. The van der Waals surface area contributed by atoms with Crippen molar-refractivity contribution in [1.29, 1.82) is 0 Å². The van der Waals surface area contributed by atoms with Crippen molar-refractivity contribution >= 4 is 0 Å². The van der Waals surface area contributed by atoms with E-state index in [2.05, 4.69) is 27.7 Å². The molecule has 4 aliphatic heterocycles. The molecule has 4 saturated heterocycles. The average molecular weight is 363 g/mol. The summed E-state index contributed by atoms with van der Waals surface area (Å²) in [6.07, 6.45) is -0.0151. The molecule has 5 nitrogen and oxygen atoms in total. The number of aromatic hydroxyl groups is 1. The fourth-order valence-corrected chi connectivity index (χ4v) is 6.42. The van der Waals surface area contributed by atoms with Crippen LogP contribution in [0.25, 0.3) is 0 Å². The van der Waals surface area contributed by atoms with Gasteiger partial charge in [0.1, 0.15) is 5.56 Å². The SMILES string of the molecule is COc1cccc(C2[NH+]3CC4(C(C)C)C[NH+]2CC(C(C)C)(C3)C4O)c1O. The Balaban J connectivity index is 1.79. The predicted octanol–water partition coefficient (Wildman–Crippen LogP) is -0.144. The van der Waals surface area contributed by atoms with Crippen LogP contribution < -0.4 is 14.5 Å². The molecule has 0 spiro atoms. The molecule has 0 radical (unpaired) electrons. The molecule has 0 aromatic heterocycles. The number of ether oxygens (including phenoxy) is 1. The van der Waals surface area contributed by atoms with Crippen LogP contribution in [-0.4, -0.2) is 49.6 Å². The second-order valence-corrected chi connectivity index (χ2v) is 9.53. The van der Waals surface area contributed by atoms with Gasteiger partial charge >= 0.3 is 0 Å². The molecular formula is C21H34N2O3+2. The number of phenolic OH excluding ortho intramolecular Hbond substituents is 1. The number of hydrogen-bond acceptors (Lipinski definition) is 3. The number of piperidine rings is 2. The minimum Gasteiger partial charge on any atom is -0.504 e. The topological polar surface area (TPSA) is 58.6 Å². The van der Waals surface area contributed by atoms with Gasteiger partial charge in [0.15, 0.2) is 11.5 Å². The molecule has 0 atom stereocenters. The minimum atomic E-state index is -0.234. The maximum absolute atomic E-state index is 11.5. The lowest BCUT2D eigenvalue weighted by molar-refractivity contribution is -1.19. The van der Waals surface area contributed by atoms with Crippen molar-refractivity contribution in [2.24, 2.45) is 22.7 Å². The Bertz CT molecular complexity index is 658. The van der Waals surface area contributed by atoms with Gasteiger partial charge in [-0.2, -0.15) is 0 Å². The van der Waals surface area contributed by atoms with E-state index in [4.69, 9.17) is 4.74 Å². The summed E-state index contributed by atoms with van der Waals surface area (Å²) < 4.78 is 5.35. The van der Waals surface area contributed by atoms with Crippen LogP contribution in [0.1, 0.15) is 39.4 Å². The summed E-state index contributed by atoms with van der Waals surface area (Å²) in [7, 11) is 1.61. The second-order valence-electron chi connectivity index (χ2n) is 9.53. The van der Waals surface area contributed by atoms with Gasteiger partial charge in [0.05, 0.1) is 50.2 Å². The van der Waals surface area contributed by atoms with Crippen molar-refractivity contribution in [2.45, 2.75) is 40.0 Å². The fourth-order valence-electron chi connectivity index (χ4n) is 6.42. The molecule has 26 heavy (non-hydrogen) atoms. The lowest BCUT2D eigenvalue weighted by atomic mass is 9.52. The van der Waals surface area contributed by atoms with Crippen LogP contribution in [0, 0.1) is 22.7 Å². The van der Waals surface area contributed by atoms with E-state index in [1.807, 2.05) is 18.2 Å². The van der Waals surface area contributed by atoms with Crippen LogP contribution in [0.5, 0.6) is 11.5 Å². The predicted molar refractivity (Wildman–Crippen MR) is 99.3 cm³/mol. The molecule has 0 unspecified atom stereocenters. The van der Waals surface area contributed by atoms with E-state index in [0.29, 0.717) is 17.6 Å². The van der Waals surface area contributed by atoms with Crippen molar-refractivity contribution < 1.29 is 24.7 Å². The van der Waals surface area contributed by atoms with Gasteiger partial charge in [-0.1, -0.05) is 33.8 Å². The van der Waals surface area contributed by atoms with Crippen molar-refractivity contribution in [1.82, 2.24) is 0 Å². The Morgan fingerprint density at radius 2 is 1.50 bits per heavy atom. The van der Waals surface area contributed by atoms with Gasteiger partial charge in [0.2, 0.25) is 6.17 Å². The first-order valence-electron chi connectivity index (χ1n) is 10.00. The first kappa shape index (κ1) is 18.1. The van der Waals surface area contributed by atoms with E-state index in [-0.39, 0.29) is 28.8 Å². The summed E-state index contributed by atoms with van der Waals surface area (Å²) in [6, 6.07) is 5.84. The third-order valence-corrected chi connectivity index (χ3v) is 7.99. The summed E-state index contributed by atoms with van der Waals surface area (Å²) >= 11 is 0. The zero-order valence-corrected chi connectivity index (χ0v) is 16.7. The number of rotatable bonds is 4. The number of aliphatic hydroxyl groups excluding tert-OH is 1. The van der Waals surface area contributed by atoms with Crippen LogP contribution in [0.2, 0.25) is 0 Å². The van der Waals surface area contributed by atoms with Gasteiger partial charge in [0.25, 0.3) is 0 Å². The molecule has 4 aliphatic rings. The van der Waals surface area contributed by atoms with Gasteiger partial charge in [0, 0.05) is 0 Å². The average Bonchev–Trinajstić information content (AvgIpc) is 2.58. The van der Waals surface area contributed by atoms with Crippen LogP contribution in [0.3, 0.4) is 0 Å². The molecule has 4 bridgehead atoms. The van der Waals surface area contributed by atoms with Crippen LogP contribution in [-0.2, 0) is 0 Å². The van der Waals surface area contributed by atoms with Crippen molar-refractivity contribution in [3.63, 3.8) is 0 Å². The first-order valence-corrected chi connectivity index (χ1v) is 10.00. The molecular weight excluding hydrogens is 328 g/mol. The molecule has 5 heteroatoms. The van der Waals surface area contributed by atoms with Crippen molar-refractivity contribution in [3.05, 3.63) is 23.8 Å². The molecule has 1 aromatic carbocycles. The van der Waals surface area contributed by atoms with Gasteiger partial charge in [-0.25, -0.2) is 0 Å². The smallest absolute Gasteiger partial charge is 0.244 e. The van der Waals surface area contributed by atoms with E-state index in [1.54, 1.807) is 7.11 Å². The zero-order chi connectivity index (χ0) is 18.9. The third-order valence-electron chi connectivity index (χ3n) is 7.99. The number of hydrogen-bond donors (Lipinski definition) is 4. The van der Waals surface area contributed by atoms with Crippen molar-refractivity contribution in [3.8, 4) is 11.5 Å². The molecule has 144 valence electrons. The molecule has 1 aromatic rings. The normalized spacial score (nSPS) is 41.2. The maximum atomic E-state index is 11.5. The molecule has 5 rings (SSSR count). The number of aliphatic hydroxyl groups is 1. The summed E-state index contributed by atoms with van der Waals surface area (Å²) in [5.41, 5.74) is 0.924. The number of methoxy groups -OCH3 is 1. The summed E-state index contributed by atoms with van der Waals surface area (Å²) in [5.74, 6) is 1.72. The van der Waals surface area contributed by atoms with E-state index in [1.165, 1.54) is 9.80 Å². The lowest BCUT2D eigenvalue weighted by Gasteiger charge is -2.66. The maximum Gasteiger partial charge on any atom is 0.244 e. The number of phenols is 1. The summed E-state index contributed by atoms with van der Waals surface area (Å²) in [5, 5.41) is 22.2. The lowest BCUT2D eigenvalue weighted by Crippen LogP contribution is -3.41. The van der Waals surface area contributed by atoms with Crippen LogP contribution in [0.4, 0.5) is 0 Å². The van der Waals surface area contributed by atoms with E-state index in [0.717, 1.165) is 31.7 Å². The molecule has 0 aliphatic carbocycles. The molecule has 0 saturated carbocycles. The number of para-hydroxylation sites is 1. The summed E-state index contributed by atoms with van der Waals surface area (Å²) in [6.45, 7) is 13.0. The number of quaternary nitrogens is 2. The van der Waals surface area contributed by atoms with Crippen molar-refractivity contribution in [2.75, 3.05) is 33.3 Å². The fraction of sp³-hybridized carbons (Fsp3) is 0.714. The molecule has 0 amide bonds. The largest absolute Gasteiger partial charge is 0.504 e. The van der Waals surface area contributed by atoms with Crippen LogP contribution in [0.15, 0.2) is 18.2 Å². The Morgan fingerprint density at radius 1 is 1.00 bits per heavy atom. The minimum absolute atomic E-state index is 0.0313. The van der Waals surface area contributed by atoms with E-state index >= 15 is 0 Å². The highest BCUT2D eigenvalue weighted by Crippen LogP contribution is 2.48. The molecule has 4 fully saturated rings. The number of benzene rings is 1. The first-order chi connectivity index (χ1) is 12.3. The Hall–Kier alpha value is -1.30.